The van der Waals surface area contributed by atoms with E-state index in [2.05, 4.69) is 15.6 Å². The van der Waals surface area contributed by atoms with Crippen molar-refractivity contribution in [2.45, 2.75) is 19.5 Å². The highest BCUT2D eigenvalue weighted by molar-refractivity contribution is 6.31. The molecule has 2 aromatic rings. The number of rotatable bonds is 5. The summed E-state index contributed by atoms with van der Waals surface area (Å²) in [7, 11) is 1.67. The Morgan fingerprint density at radius 2 is 2.04 bits per heavy atom. The van der Waals surface area contributed by atoms with Crippen molar-refractivity contribution in [2.75, 3.05) is 7.05 Å². The van der Waals surface area contributed by atoms with E-state index in [1.807, 2.05) is 37.3 Å². The first-order chi connectivity index (χ1) is 11.5. The Kier molecular flexibility index (Phi) is 6.14. The molecule has 0 aliphatic carbocycles. The van der Waals surface area contributed by atoms with Gasteiger partial charge in [-0.3, -0.25) is 15.1 Å². The van der Waals surface area contributed by atoms with Crippen LogP contribution in [0.15, 0.2) is 53.5 Å². The number of nitrogens with one attached hydrogen (secondary N) is 2. The second kappa shape index (κ2) is 8.31. The van der Waals surface area contributed by atoms with Gasteiger partial charge in [0.1, 0.15) is 0 Å². The van der Waals surface area contributed by atoms with E-state index in [1.54, 1.807) is 13.1 Å². The molecule has 0 amide bonds. The fourth-order valence-electron chi connectivity index (χ4n) is 2.27. The van der Waals surface area contributed by atoms with Crippen molar-refractivity contribution < 1.29 is 4.92 Å². The van der Waals surface area contributed by atoms with Crippen molar-refractivity contribution in [3.63, 3.8) is 0 Å². The highest BCUT2D eigenvalue weighted by Crippen LogP contribution is 2.22. The minimum atomic E-state index is -0.407. The molecular formula is C17H19ClN4O2. The van der Waals surface area contributed by atoms with Crippen molar-refractivity contribution in [1.29, 1.82) is 0 Å². The number of benzene rings is 2. The molecule has 1 atom stereocenters. The van der Waals surface area contributed by atoms with E-state index in [-0.39, 0.29) is 11.7 Å². The molecule has 0 spiro atoms. The molecule has 0 fully saturated rings. The van der Waals surface area contributed by atoms with Gasteiger partial charge in [0.15, 0.2) is 5.96 Å². The summed E-state index contributed by atoms with van der Waals surface area (Å²) in [5.74, 6) is 0.592. The molecule has 0 saturated heterocycles. The SMILES string of the molecule is CN=C(NCc1cccc([N+](=O)[O-])c1)NC(C)c1ccccc1Cl. The zero-order chi connectivity index (χ0) is 17.5. The molecule has 0 heterocycles. The van der Waals surface area contributed by atoms with Crippen LogP contribution in [0.25, 0.3) is 0 Å². The van der Waals surface area contributed by atoms with E-state index >= 15 is 0 Å². The summed E-state index contributed by atoms with van der Waals surface area (Å²) in [6, 6.07) is 14.1. The number of aliphatic imine (C=N–C) groups is 1. The van der Waals surface area contributed by atoms with Gasteiger partial charge in [-0.15, -0.1) is 0 Å². The van der Waals surface area contributed by atoms with Gasteiger partial charge in [0.05, 0.1) is 11.0 Å². The van der Waals surface area contributed by atoms with Gasteiger partial charge in [-0.2, -0.15) is 0 Å². The van der Waals surface area contributed by atoms with Crippen molar-refractivity contribution in [3.8, 4) is 0 Å². The topological polar surface area (TPSA) is 79.6 Å². The molecule has 0 radical (unpaired) electrons. The zero-order valence-corrected chi connectivity index (χ0v) is 14.2. The van der Waals surface area contributed by atoms with Crippen LogP contribution in [0, 0.1) is 10.1 Å². The number of guanidine groups is 1. The summed E-state index contributed by atoms with van der Waals surface area (Å²) < 4.78 is 0. The first-order valence-electron chi connectivity index (χ1n) is 7.46. The second-order valence-corrected chi connectivity index (χ2v) is 5.65. The van der Waals surface area contributed by atoms with Crippen LogP contribution >= 0.6 is 11.6 Å². The summed E-state index contributed by atoms with van der Waals surface area (Å²) in [4.78, 5) is 14.6. The van der Waals surface area contributed by atoms with Crippen LogP contribution in [-0.2, 0) is 6.54 Å². The van der Waals surface area contributed by atoms with Gasteiger partial charge in [-0.25, -0.2) is 0 Å². The number of halogens is 1. The smallest absolute Gasteiger partial charge is 0.269 e. The average Bonchev–Trinajstić information content (AvgIpc) is 2.59. The summed E-state index contributed by atoms with van der Waals surface area (Å²) >= 11 is 6.20. The molecule has 2 aromatic carbocycles. The number of nitrogens with zero attached hydrogens (tertiary/aromatic N) is 2. The minimum Gasteiger partial charge on any atom is -0.352 e. The van der Waals surface area contributed by atoms with Gasteiger partial charge in [-0.05, 0) is 24.1 Å². The van der Waals surface area contributed by atoms with E-state index in [9.17, 15) is 10.1 Å². The molecule has 7 heteroatoms. The van der Waals surface area contributed by atoms with E-state index in [4.69, 9.17) is 11.6 Å². The first-order valence-corrected chi connectivity index (χ1v) is 7.84. The highest BCUT2D eigenvalue weighted by atomic mass is 35.5. The molecule has 24 heavy (non-hydrogen) atoms. The molecule has 0 bridgehead atoms. The largest absolute Gasteiger partial charge is 0.352 e. The van der Waals surface area contributed by atoms with Crippen molar-refractivity contribution in [1.82, 2.24) is 10.6 Å². The van der Waals surface area contributed by atoms with Gasteiger partial charge < -0.3 is 10.6 Å². The fraction of sp³-hybridized carbons (Fsp3) is 0.235. The van der Waals surface area contributed by atoms with Crippen molar-refractivity contribution in [3.05, 3.63) is 74.8 Å². The number of hydrogen-bond donors (Lipinski definition) is 2. The predicted octanol–water partition coefficient (Wildman–Crippen LogP) is 3.67. The average molecular weight is 347 g/mol. The minimum absolute atomic E-state index is 0.0324. The first kappa shape index (κ1) is 17.7. The lowest BCUT2D eigenvalue weighted by atomic mass is 10.1. The zero-order valence-electron chi connectivity index (χ0n) is 13.5. The van der Waals surface area contributed by atoms with Crippen LogP contribution in [0.3, 0.4) is 0 Å². The Hall–Kier alpha value is -2.60. The van der Waals surface area contributed by atoms with E-state index in [1.165, 1.54) is 12.1 Å². The van der Waals surface area contributed by atoms with Crippen LogP contribution in [0.4, 0.5) is 5.69 Å². The third-order valence-corrected chi connectivity index (χ3v) is 3.87. The molecule has 0 aliphatic heterocycles. The van der Waals surface area contributed by atoms with E-state index in [0.717, 1.165) is 11.1 Å². The Morgan fingerprint density at radius 3 is 2.71 bits per heavy atom. The van der Waals surface area contributed by atoms with Gasteiger partial charge >= 0.3 is 0 Å². The third-order valence-electron chi connectivity index (χ3n) is 3.53. The summed E-state index contributed by atoms with van der Waals surface area (Å²) in [6.07, 6.45) is 0. The summed E-state index contributed by atoms with van der Waals surface area (Å²) in [5, 5.41) is 17.9. The van der Waals surface area contributed by atoms with Crippen LogP contribution < -0.4 is 10.6 Å². The normalized spacial score (nSPS) is 12.5. The monoisotopic (exact) mass is 346 g/mol. The van der Waals surface area contributed by atoms with Crippen molar-refractivity contribution in [2.24, 2.45) is 4.99 Å². The molecule has 6 nitrogen and oxygen atoms in total. The van der Waals surface area contributed by atoms with Crippen LogP contribution in [0.5, 0.6) is 0 Å². The molecule has 0 saturated carbocycles. The van der Waals surface area contributed by atoms with E-state index < -0.39 is 4.92 Å². The Labute approximate surface area is 145 Å². The molecular weight excluding hydrogens is 328 g/mol. The van der Waals surface area contributed by atoms with Gasteiger partial charge in [0.25, 0.3) is 5.69 Å². The maximum Gasteiger partial charge on any atom is 0.269 e. The number of nitro groups is 1. The van der Waals surface area contributed by atoms with Gasteiger partial charge in [0, 0.05) is 30.7 Å². The lowest BCUT2D eigenvalue weighted by molar-refractivity contribution is -0.384. The maximum absolute atomic E-state index is 10.8. The Bertz CT molecular complexity index is 749. The molecule has 2 rings (SSSR count). The van der Waals surface area contributed by atoms with Gasteiger partial charge in [0.2, 0.25) is 0 Å². The van der Waals surface area contributed by atoms with Crippen LogP contribution in [0.2, 0.25) is 5.02 Å². The van der Waals surface area contributed by atoms with Crippen LogP contribution in [0.1, 0.15) is 24.1 Å². The quantitative estimate of drug-likeness (QED) is 0.374. The molecule has 0 aromatic heterocycles. The third kappa shape index (κ3) is 4.70. The second-order valence-electron chi connectivity index (χ2n) is 5.24. The lowest BCUT2D eigenvalue weighted by Gasteiger charge is -2.19. The van der Waals surface area contributed by atoms with Crippen LogP contribution in [-0.4, -0.2) is 17.9 Å². The maximum atomic E-state index is 10.8. The van der Waals surface area contributed by atoms with Gasteiger partial charge in [-0.1, -0.05) is 41.9 Å². The summed E-state index contributed by atoms with van der Waals surface area (Å²) in [6.45, 7) is 2.41. The standard InChI is InChI=1S/C17H19ClN4O2/c1-12(15-8-3-4-9-16(15)18)21-17(19-2)20-11-13-6-5-7-14(10-13)22(23)24/h3-10,12H,11H2,1-2H3,(H2,19,20,21). The number of hydrogen-bond acceptors (Lipinski definition) is 3. The number of nitro benzene ring substituents is 1. The Morgan fingerprint density at radius 1 is 1.29 bits per heavy atom. The summed E-state index contributed by atoms with van der Waals surface area (Å²) in [5.41, 5.74) is 1.84. The lowest BCUT2D eigenvalue weighted by Crippen LogP contribution is -2.38. The highest BCUT2D eigenvalue weighted by Gasteiger charge is 2.11. The molecule has 126 valence electrons. The van der Waals surface area contributed by atoms with Crippen molar-refractivity contribution >= 4 is 23.2 Å². The van der Waals surface area contributed by atoms with E-state index in [0.29, 0.717) is 17.5 Å². The molecule has 2 N–H and O–H groups in total. The molecule has 0 aliphatic rings. The predicted molar refractivity (Wildman–Crippen MR) is 96.3 cm³/mol. The fourth-order valence-corrected chi connectivity index (χ4v) is 2.57. The Balaban J connectivity index is 1.99. The molecule has 1 unspecified atom stereocenters. The number of non-ortho nitro benzene ring substituents is 1.